The highest BCUT2D eigenvalue weighted by Gasteiger charge is 2.00. The lowest BCUT2D eigenvalue weighted by Gasteiger charge is -2.06. The molecule has 5 nitrogen and oxygen atoms in total. The molecule has 1 heterocycles. The number of rotatable bonds is 7. The monoisotopic (exact) mass is 309 g/mol. The number of halogens is 2. The molecule has 1 amide bonds. The van der Waals surface area contributed by atoms with E-state index in [9.17, 15) is 4.79 Å². The number of nitrogens with zero attached hydrogens (tertiary/aromatic N) is 1. The van der Waals surface area contributed by atoms with Gasteiger partial charge in [0.25, 0.3) is 0 Å². The van der Waals surface area contributed by atoms with Gasteiger partial charge in [0.2, 0.25) is 5.91 Å². The zero-order valence-electron chi connectivity index (χ0n) is 11.1. The molecule has 19 heavy (non-hydrogen) atoms. The molecule has 1 aromatic heterocycles. The van der Waals surface area contributed by atoms with Crippen molar-refractivity contribution < 1.29 is 9.53 Å². The van der Waals surface area contributed by atoms with Crippen molar-refractivity contribution in [2.75, 3.05) is 26.8 Å². The third-order valence-corrected chi connectivity index (χ3v) is 2.23. The van der Waals surface area contributed by atoms with Crippen LogP contribution in [0.1, 0.15) is 11.3 Å². The molecule has 0 aliphatic carbocycles. The van der Waals surface area contributed by atoms with Gasteiger partial charge in [0.1, 0.15) is 0 Å². The summed E-state index contributed by atoms with van der Waals surface area (Å²) in [5, 5.41) is 5.79. The lowest BCUT2D eigenvalue weighted by molar-refractivity contribution is -0.120. The Labute approximate surface area is 126 Å². The predicted octanol–water partition coefficient (Wildman–Crippen LogP) is 1.09. The highest BCUT2D eigenvalue weighted by molar-refractivity contribution is 5.85. The molecule has 0 saturated carbocycles. The Morgan fingerprint density at radius 2 is 2.11 bits per heavy atom. The number of aromatic nitrogens is 1. The van der Waals surface area contributed by atoms with Gasteiger partial charge in [0.05, 0.1) is 13.2 Å². The number of methoxy groups -OCH3 is 1. The van der Waals surface area contributed by atoms with Gasteiger partial charge in [-0.2, -0.15) is 0 Å². The average molecular weight is 310 g/mol. The van der Waals surface area contributed by atoms with E-state index in [0.29, 0.717) is 26.2 Å². The molecule has 0 fully saturated rings. The van der Waals surface area contributed by atoms with Gasteiger partial charge in [0, 0.05) is 32.1 Å². The molecule has 1 rings (SSSR count). The van der Waals surface area contributed by atoms with E-state index in [1.54, 1.807) is 13.3 Å². The van der Waals surface area contributed by atoms with Gasteiger partial charge in [-0.15, -0.1) is 24.8 Å². The molecule has 1 aromatic rings. The van der Waals surface area contributed by atoms with Crippen molar-refractivity contribution in [3.63, 3.8) is 0 Å². The second-order valence-corrected chi connectivity index (χ2v) is 3.75. The molecule has 2 N–H and O–H groups in total. The molecule has 0 aromatic carbocycles. The van der Waals surface area contributed by atoms with E-state index in [-0.39, 0.29) is 30.7 Å². The van der Waals surface area contributed by atoms with Crippen LogP contribution < -0.4 is 10.6 Å². The van der Waals surface area contributed by atoms with Crippen LogP contribution in [0.3, 0.4) is 0 Å². The van der Waals surface area contributed by atoms with Gasteiger partial charge in [-0.25, -0.2) is 0 Å². The van der Waals surface area contributed by atoms with Crippen molar-refractivity contribution in [2.45, 2.75) is 13.5 Å². The van der Waals surface area contributed by atoms with Crippen LogP contribution in [0.5, 0.6) is 0 Å². The molecule has 0 bridgehead atoms. The third kappa shape index (κ3) is 9.67. The Hall–Kier alpha value is -0.880. The van der Waals surface area contributed by atoms with Crippen LogP contribution in [0.2, 0.25) is 0 Å². The normalized spacial score (nSPS) is 9.16. The fourth-order valence-electron chi connectivity index (χ4n) is 1.24. The Morgan fingerprint density at radius 1 is 1.37 bits per heavy atom. The fraction of sp³-hybridized carbons (Fsp3) is 0.500. The Balaban J connectivity index is 0. The summed E-state index contributed by atoms with van der Waals surface area (Å²) in [4.78, 5) is 15.6. The highest BCUT2D eigenvalue weighted by Crippen LogP contribution is 1.98. The van der Waals surface area contributed by atoms with Gasteiger partial charge in [-0.05, 0) is 18.6 Å². The van der Waals surface area contributed by atoms with Crippen LogP contribution in [0.15, 0.2) is 18.3 Å². The van der Waals surface area contributed by atoms with Gasteiger partial charge in [-0.3, -0.25) is 9.78 Å². The molecule has 0 unspecified atom stereocenters. The molecule has 110 valence electrons. The van der Waals surface area contributed by atoms with Gasteiger partial charge in [0.15, 0.2) is 0 Å². The molecule has 0 aliphatic rings. The van der Waals surface area contributed by atoms with Crippen LogP contribution in [-0.2, 0) is 16.1 Å². The summed E-state index contributed by atoms with van der Waals surface area (Å²) in [6, 6.07) is 3.89. The van der Waals surface area contributed by atoms with Crippen LogP contribution in [-0.4, -0.2) is 37.7 Å². The van der Waals surface area contributed by atoms with E-state index < -0.39 is 0 Å². The summed E-state index contributed by atoms with van der Waals surface area (Å²) in [5.41, 5.74) is 1.97. The van der Waals surface area contributed by atoms with E-state index in [2.05, 4.69) is 15.6 Å². The maximum Gasteiger partial charge on any atom is 0.234 e. The van der Waals surface area contributed by atoms with Gasteiger partial charge in [-0.1, -0.05) is 6.07 Å². The van der Waals surface area contributed by atoms with E-state index in [1.807, 2.05) is 19.1 Å². The highest BCUT2D eigenvalue weighted by atomic mass is 35.5. The van der Waals surface area contributed by atoms with Crippen molar-refractivity contribution in [3.8, 4) is 0 Å². The zero-order valence-corrected chi connectivity index (χ0v) is 12.8. The smallest absolute Gasteiger partial charge is 0.234 e. The van der Waals surface area contributed by atoms with Crippen LogP contribution >= 0.6 is 24.8 Å². The molecule has 0 radical (unpaired) electrons. The molecular formula is C12H21Cl2N3O2. The number of carbonyl (C=O) groups excluding carboxylic acids is 1. The zero-order chi connectivity index (χ0) is 12.5. The van der Waals surface area contributed by atoms with Crippen molar-refractivity contribution >= 4 is 30.7 Å². The number of amides is 1. The minimum absolute atomic E-state index is 0. The Bertz CT molecular complexity index is 347. The maximum absolute atomic E-state index is 11.4. The summed E-state index contributed by atoms with van der Waals surface area (Å²) in [5.74, 6) is -0.0262. The summed E-state index contributed by atoms with van der Waals surface area (Å²) >= 11 is 0. The molecule has 7 heteroatoms. The number of aryl methyl sites for hydroxylation is 1. The first-order valence-corrected chi connectivity index (χ1v) is 5.60. The number of nitrogens with one attached hydrogen (secondary N) is 2. The minimum Gasteiger partial charge on any atom is -0.383 e. The minimum atomic E-state index is -0.0262. The topological polar surface area (TPSA) is 63.2 Å². The molecule has 0 spiro atoms. The number of hydrogen-bond acceptors (Lipinski definition) is 4. The first-order chi connectivity index (χ1) is 8.22. The summed E-state index contributed by atoms with van der Waals surface area (Å²) in [7, 11) is 1.63. The number of pyridine rings is 1. The fourth-order valence-corrected chi connectivity index (χ4v) is 1.24. The predicted molar refractivity (Wildman–Crippen MR) is 80.1 cm³/mol. The quantitative estimate of drug-likeness (QED) is 0.740. The molecular weight excluding hydrogens is 289 g/mol. The maximum atomic E-state index is 11.4. The van der Waals surface area contributed by atoms with Crippen LogP contribution in [0.25, 0.3) is 0 Å². The first kappa shape index (κ1) is 20.4. The lowest BCUT2D eigenvalue weighted by atomic mass is 10.2. The number of ether oxygens (including phenoxy) is 1. The summed E-state index contributed by atoms with van der Waals surface area (Å²) < 4.78 is 4.86. The Morgan fingerprint density at radius 3 is 2.68 bits per heavy atom. The second-order valence-electron chi connectivity index (χ2n) is 3.75. The van der Waals surface area contributed by atoms with Crippen molar-refractivity contribution in [1.82, 2.24) is 15.6 Å². The van der Waals surface area contributed by atoms with Crippen LogP contribution in [0.4, 0.5) is 0 Å². The summed E-state index contributed by atoms with van der Waals surface area (Å²) in [6.07, 6.45) is 1.77. The third-order valence-electron chi connectivity index (χ3n) is 2.23. The van der Waals surface area contributed by atoms with E-state index in [4.69, 9.17) is 4.74 Å². The molecule has 0 aliphatic heterocycles. The van der Waals surface area contributed by atoms with Crippen molar-refractivity contribution in [1.29, 1.82) is 0 Å². The molecule has 0 atom stereocenters. The second kappa shape index (κ2) is 12.2. The Kier molecular flexibility index (Phi) is 13.1. The lowest BCUT2D eigenvalue weighted by Crippen LogP contribution is -2.34. The van der Waals surface area contributed by atoms with Gasteiger partial charge >= 0.3 is 0 Å². The number of hydrogen-bond donors (Lipinski definition) is 2. The largest absolute Gasteiger partial charge is 0.383 e. The standard InChI is InChI=1S/C12H19N3O2.2ClH/c1-10-3-4-11(7-14-10)8-15-12(16)9-13-5-6-17-2;;/h3-4,7,13H,5-6,8-9H2,1-2H3,(H,15,16);2*1H. The summed E-state index contributed by atoms with van der Waals surface area (Å²) in [6.45, 7) is 4.04. The van der Waals surface area contributed by atoms with E-state index in [1.165, 1.54) is 0 Å². The van der Waals surface area contributed by atoms with Crippen molar-refractivity contribution in [2.24, 2.45) is 0 Å². The number of carbonyl (C=O) groups is 1. The first-order valence-electron chi connectivity index (χ1n) is 5.60. The van der Waals surface area contributed by atoms with E-state index >= 15 is 0 Å². The average Bonchev–Trinajstić information content (AvgIpc) is 2.34. The van der Waals surface area contributed by atoms with E-state index in [0.717, 1.165) is 11.3 Å². The molecule has 0 saturated heterocycles. The van der Waals surface area contributed by atoms with Gasteiger partial charge < -0.3 is 15.4 Å². The van der Waals surface area contributed by atoms with Crippen LogP contribution in [0, 0.1) is 6.92 Å². The van der Waals surface area contributed by atoms with Crippen molar-refractivity contribution in [3.05, 3.63) is 29.6 Å². The SMILES string of the molecule is COCCNCC(=O)NCc1ccc(C)nc1.Cl.Cl.